The predicted octanol–water partition coefficient (Wildman–Crippen LogP) is -0.409. The van der Waals surface area contributed by atoms with E-state index in [2.05, 4.69) is 15.3 Å². The summed E-state index contributed by atoms with van der Waals surface area (Å²) in [6, 6.07) is 0. The van der Waals surface area contributed by atoms with Crippen molar-refractivity contribution < 1.29 is 0 Å². The highest BCUT2D eigenvalue weighted by atomic mass is 15.4. The van der Waals surface area contributed by atoms with Crippen molar-refractivity contribution in [1.29, 1.82) is 0 Å². The Balaban J connectivity index is 2.68. The number of nitrogen functional groups attached to an aromatic ring is 2. The largest absolute Gasteiger partial charge is 0.366 e. The maximum atomic E-state index is 5.71. The van der Waals surface area contributed by atoms with E-state index >= 15 is 0 Å². The fraction of sp³-hybridized carbons (Fsp3) is 0.375. The van der Waals surface area contributed by atoms with Gasteiger partial charge < -0.3 is 11.6 Å². The molecule has 7 nitrogen and oxygen atoms in total. The SMILES string of the molecule is Cc1nn(C)c(C)c1-c1nnc(N)n1N. The van der Waals surface area contributed by atoms with Gasteiger partial charge in [0.1, 0.15) is 0 Å². The van der Waals surface area contributed by atoms with Gasteiger partial charge in [0.05, 0.1) is 11.3 Å². The summed E-state index contributed by atoms with van der Waals surface area (Å²) in [5, 5.41) is 11.9. The highest BCUT2D eigenvalue weighted by Crippen LogP contribution is 2.24. The first-order valence-electron chi connectivity index (χ1n) is 4.49. The van der Waals surface area contributed by atoms with Gasteiger partial charge in [-0.05, 0) is 13.8 Å². The van der Waals surface area contributed by atoms with Gasteiger partial charge in [-0.25, -0.2) is 4.68 Å². The molecule has 0 spiro atoms. The van der Waals surface area contributed by atoms with Crippen molar-refractivity contribution in [3.05, 3.63) is 11.4 Å². The van der Waals surface area contributed by atoms with Gasteiger partial charge in [-0.2, -0.15) is 5.10 Å². The van der Waals surface area contributed by atoms with Crippen molar-refractivity contribution in [3.8, 4) is 11.4 Å². The Labute approximate surface area is 86.7 Å². The Bertz CT molecular complexity index is 507. The summed E-state index contributed by atoms with van der Waals surface area (Å²) in [6.07, 6.45) is 0. The van der Waals surface area contributed by atoms with Crippen LogP contribution in [0.3, 0.4) is 0 Å². The zero-order valence-electron chi connectivity index (χ0n) is 8.89. The average Bonchev–Trinajstić information content (AvgIpc) is 2.60. The molecule has 0 bridgehead atoms. The minimum Gasteiger partial charge on any atom is -0.366 e. The topological polar surface area (TPSA) is 101 Å². The summed E-state index contributed by atoms with van der Waals surface area (Å²) in [7, 11) is 1.87. The summed E-state index contributed by atoms with van der Waals surface area (Å²) in [5.41, 5.74) is 8.23. The van der Waals surface area contributed by atoms with E-state index in [1.54, 1.807) is 4.68 Å². The monoisotopic (exact) mass is 207 g/mol. The van der Waals surface area contributed by atoms with E-state index in [1.807, 2.05) is 20.9 Å². The van der Waals surface area contributed by atoms with Gasteiger partial charge in [0.25, 0.3) is 0 Å². The summed E-state index contributed by atoms with van der Waals surface area (Å²) in [4.78, 5) is 0. The van der Waals surface area contributed by atoms with Crippen LogP contribution in [0.2, 0.25) is 0 Å². The van der Waals surface area contributed by atoms with Crippen molar-refractivity contribution in [1.82, 2.24) is 24.7 Å². The van der Waals surface area contributed by atoms with Gasteiger partial charge in [-0.1, -0.05) is 0 Å². The quantitative estimate of drug-likeness (QED) is 0.619. The summed E-state index contributed by atoms with van der Waals surface area (Å²) >= 11 is 0. The Morgan fingerprint density at radius 1 is 1.20 bits per heavy atom. The summed E-state index contributed by atoms with van der Waals surface area (Å²) in [6.45, 7) is 3.84. The van der Waals surface area contributed by atoms with Gasteiger partial charge in [-0.3, -0.25) is 4.68 Å². The number of aromatic nitrogens is 5. The Morgan fingerprint density at radius 3 is 2.27 bits per heavy atom. The van der Waals surface area contributed by atoms with E-state index < -0.39 is 0 Å². The summed E-state index contributed by atoms with van der Waals surface area (Å²) in [5.74, 6) is 6.44. The van der Waals surface area contributed by atoms with Crippen molar-refractivity contribution >= 4 is 5.95 Å². The maximum Gasteiger partial charge on any atom is 0.241 e. The van der Waals surface area contributed by atoms with Crippen molar-refractivity contribution in [2.24, 2.45) is 7.05 Å². The number of hydrogen-bond donors (Lipinski definition) is 2. The maximum absolute atomic E-state index is 5.71. The number of nitrogens with zero attached hydrogens (tertiary/aromatic N) is 5. The minimum absolute atomic E-state index is 0.188. The fourth-order valence-electron chi connectivity index (χ4n) is 1.57. The third-order valence-electron chi connectivity index (χ3n) is 2.45. The molecular formula is C8H13N7. The van der Waals surface area contributed by atoms with Crippen LogP contribution >= 0.6 is 0 Å². The van der Waals surface area contributed by atoms with Crippen LogP contribution in [0, 0.1) is 13.8 Å². The first-order valence-corrected chi connectivity index (χ1v) is 4.49. The van der Waals surface area contributed by atoms with Crippen LogP contribution in [0.25, 0.3) is 11.4 Å². The molecule has 80 valence electrons. The first kappa shape index (κ1) is 9.50. The summed E-state index contributed by atoms with van der Waals surface area (Å²) < 4.78 is 3.03. The molecule has 0 aliphatic carbocycles. The molecule has 0 saturated carbocycles. The highest BCUT2D eigenvalue weighted by molar-refractivity contribution is 5.62. The molecule has 0 amide bonds. The number of aryl methyl sites for hydroxylation is 2. The first-order chi connectivity index (χ1) is 7.02. The zero-order valence-corrected chi connectivity index (χ0v) is 8.89. The van der Waals surface area contributed by atoms with Crippen LogP contribution in [-0.2, 0) is 7.05 Å². The number of anilines is 1. The number of nitrogens with two attached hydrogens (primary N) is 2. The molecule has 4 N–H and O–H groups in total. The molecule has 0 aliphatic heterocycles. The van der Waals surface area contributed by atoms with E-state index in [-0.39, 0.29) is 5.95 Å². The lowest BCUT2D eigenvalue weighted by atomic mass is 10.2. The van der Waals surface area contributed by atoms with Crippen LogP contribution in [0.5, 0.6) is 0 Å². The van der Waals surface area contributed by atoms with E-state index in [4.69, 9.17) is 11.6 Å². The van der Waals surface area contributed by atoms with Crippen LogP contribution in [0.15, 0.2) is 0 Å². The molecule has 0 aromatic carbocycles. The molecule has 7 heteroatoms. The molecule has 0 unspecified atom stereocenters. The molecule has 0 aliphatic rings. The standard InChI is InChI=1S/C8H13N7/c1-4-6(5(2)14(3)13-4)7-11-12-8(9)15(7)10/h10H2,1-3H3,(H2,9,12). The van der Waals surface area contributed by atoms with Gasteiger partial charge in [0.15, 0.2) is 5.82 Å². The lowest BCUT2D eigenvalue weighted by Gasteiger charge is -2.01. The Hall–Kier alpha value is -2.05. The lowest BCUT2D eigenvalue weighted by molar-refractivity contribution is 0.731. The molecule has 0 atom stereocenters. The normalized spacial score (nSPS) is 10.9. The van der Waals surface area contributed by atoms with Gasteiger partial charge in [0, 0.05) is 12.7 Å². The average molecular weight is 207 g/mol. The molecular weight excluding hydrogens is 194 g/mol. The minimum atomic E-state index is 0.188. The van der Waals surface area contributed by atoms with Crippen LogP contribution in [0.4, 0.5) is 5.95 Å². The smallest absolute Gasteiger partial charge is 0.241 e. The van der Waals surface area contributed by atoms with E-state index in [0.717, 1.165) is 17.0 Å². The third-order valence-corrected chi connectivity index (χ3v) is 2.45. The second kappa shape index (κ2) is 2.97. The van der Waals surface area contributed by atoms with E-state index in [1.165, 1.54) is 4.68 Å². The van der Waals surface area contributed by atoms with Crippen molar-refractivity contribution in [2.45, 2.75) is 13.8 Å². The third kappa shape index (κ3) is 1.24. The van der Waals surface area contributed by atoms with Crippen molar-refractivity contribution in [3.63, 3.8) is 0 Å². The fourth-order valence-corrected chi connectivity index (χ4v) is 1.57. The predicted molar refractivity (Wildman–Crippen MR) is 56.3 cm³/mol. The number of rotatable bonds is 1. The molecule has 0 fully saturated rings. The van der Waals surface area contributed by atoms with Gasteiger partial charge >= 0.3 is 0 Å². The molecule has 2 aromatic rings. The van der Waals surface area contributed by atoms with Crippen LogP contribution in [0.1, 0.15) is 11.4 Å². The van der Waals surface area contributed by atoms with Crippen LogP contribution in [-0.4, -0.2) is 24.7 Å². The zero-order chi connectivity index (χ0) is 11.2. The number of hydrogen-bond acceptors (Lipinski definition) is 5. The molecule has 15 heavy (non-hydrogen) atoms. The highest BCUT2D eigenvalue weighted by Gasteiger charge is 2.17. The molecule has 0 saturated heterocycles. The van der Waals surface area contributed by atoms with Crippen molar-refractivity contribution in [2.75, 3.05) is 11.6 Å². The molecule has 0 radical (unpaired) electrons. The second-order valence-corrected chi connectivity index (χ2v) is 3.42. The van der Waals surface area contributed by atoms with Crippen LogP contribution < -0.4 is 11.6 Å². The Morgan fingerprint density at radius 2 is 1.87 bits per heavy atom. The lowest BCUT2D eigenvalue weighted by Crippen LogP contribution is -2.13. The molecule has 2 aromatic heterocycles. The second-order valence-electron chi connectivity index (χ2n) is 3.42. The van der Waals surface area contributed by atoms with Gasteiger partial charge in [-0.15, -0.1) is 10.2 Å². The van der Waals surface area contributed by atoms with Gasteiger partial charge in [0.2, 0.25) is 5.95 Å². The van der Waals surface area contributed by atoms with E-state index in [9.17, 15) is 0 Å². The molecule has 2 rings (SSSR count). The molecule has 2 heterocycles. The Kier molecular flexibility index (Phi) is 1.88. The van der Waals surface area contributed by atoms with E-state index in [0.29, 0.717) is 5.82 Å².